The number of rotatable bonds is 3. The topological polar surface area (TPSA) is 56.7 Å². The van der Waals surface area contributed by atoms with Crippen LogP contribution in [0.25, 0.3) is 11.2 Å². The molecular weight excluding hydrogens is 212 g/mol. The van der Waals surface area contributed by atoms with E-state index in [4.69, 9.17) is 5.73 Å². The summed E-state index contributed by atoms with van der Waals surface area (Å²) in [6.07, 6.45) is 1.80. The lowest BCUT2D eigenvalue weighted by Crippen LogP contribution is -2.22. The van der Waals surface area contributed by atoms with Crippen LogP contribution in [0.2, 0.25) is 0 Å². The van der Waals surface area contributed by atoms with Gasteiger partial charge in [-0.15, -0.1) is 0 Å². The Morgan fingerprint density at radius 2 is 1.94 bits per heavy atom. The van der Waals surface area contributed by atoms with E-state index in [1.54, 1.807) is 6.20 Å². The van der Waals surface area contributed by atoms with Crippen molar-refractivity contribution >= 4 is 11.2 Å². The van der Waals surface area contributed by atoms with Gasteiger partial charge in [0, 0.05) is 12.2 Å². The molecule has 0 aliphatic heterocycles. The fourth-order valence-electron chi connectivity index (χ4n) is 1.99. The monoisotopic (exact) mass is 232 g/mol. The Kier molecular flexibility index (Phi) is 3.15. The highest BCUT2D eigenvalue weighted by Crippen LogP contribution is 2.25. The van der Waals surface area contributed by atoms with Crippen LogP contribution in [0.1, 0.15) is 45.6 Å². The normalized spacial score (nSPS) is 13.8. The highest BCUT2D eigenvalue weighted by Gasteiger charge is 2.21. The van der Waals surface area contributed by atoms with Gasteiger partial charge in [0.2, 0.25) is 0 Å². The Labute approximate surface area is 102 Å². The molecule has 0 amide bonds. The van der Waals surface area contributed by atoms with E-state index < -0.39 is 0 Å². The zero-order chi connectivity index (χ0) is 12.6. The molecule has 92 valence electrons. The van der Waals surface area contributed by atoms with Crippen LogP contribution in [-0.2, 0) is 0 Å². The largest absolute Gasteiger partial charge is 0.321 e. The highest BCUT2D eigenvalue weighted by molar-refractivity contribution is 5.71. The Bertz CT molecular complexity index is 513. The summed E-state index contributed by atoms with van der Waals surface area (Å²) in [7, 11) is 0. The van der Waals surface area contributed by atoms with Gasteiger partial charge in [-0.3, -0.25) is 0 Å². The maximum Gasteiger partial charge on any atom is 0.160 e. The van der Waals surface area contributed by atoms with Crippen molar-refractivity contribution < 1.29 is 0 Å². The molecule has 0 aliphatic carbocycles. The fraction of sp³-hybridized carbons (Fsp3) is 0.538. The van der Waals surface area contributed by atoms with Crippen LogP contribution in [0.15, 0.2) is 18.3 Å². The molecule has 2 N–H and O–H groups in total. The lowest BCUT2D eigenvalue weighted by atomic mass is 10.0. The number of hydrogen-bond donors (Lipinski definition) is 1. The molecule has 0 spiro atoms. The minimum Gasteiger partial charge on any atom is -0.321 e. The SMILES string of the molecule is CC(C)[C@H](N)c1nc2cccnc2n1C(C)C. The Morgan fingerprint density at radius 3 is 2.53 bits per heavy atom. The van der Waals surface area contributed by atoms with E-state index in [1.807, 2.05) is 12.1 Å². The van der Waals surface area contributed by atoms with E-state index >= 15 is 0 Å². The minimum atomic E-state index is -0.0494. The molecule has 4 heteroatoms. The average Bonchev–Trinajstić information content (AvgIpc) is 2.66. The van der Waals surface area contributed by atoms with Gasteiger partial charge in [0.05, 0.1) is 6.04 Å². The first-order valence-corrected chi connectivity index (χ1v) is 6.10. The molecule has 0 fully saturated rings. The molecule has 0 bridgehead atoms. The summed E-state index contributed by atoms with van der Waals surface area (Å²) in [5.41, 5.74) is 8.08. The number of imidazole rings is 1. The van der Waals surface area contributed by atoms with Crippen molar-refractivity contribution in [3.8, 4) is 0 Å². The smallest absolute Gasteiger partial charge is 0.160 e. The molecule has 2 aromatic rings. The van der Waals surface area contributed by atoms with Gasteiger partial charge < -0.3 is 10.3 Å². The molecule has 0 aromatic carbocycles. The van der Waals surface area contributed by atoms with Crippen molar-refractivity contribution in [1.82, 2.24) is 14.5 Å². The standard InChI is InChI=1S/C13H20N4/c1-8(2)11(14)13-16-10-6-5-7-15-12(10)17(13)9(3)4/h5-9,11H,14H2,1-4H3/t11-/m0/s1. The summed E-state index contributed by atoms with van der Waals surface area (Å²) in [4.78, 5) is 9.04. The van der Waals surface area contributed by atoms with Crippen molar-refractivity contribution in [2.24, 2.45) is 11.7 Å². The van der Waals surface area contributed by atoms with E-state index in [0.717, 1.165) is 17.0 Å². The van der Waals surface area contributed by atoms with E-state index in [9.17, 15) is 0 Å². The quantitative estimate of drug-likeness (QED) is 0.885. The number of nitrogens with two attached hydrogens (primary N) is 1. The van der Waals surface area contributed by atoms with Crippen LogP contribution in [0.4, 0.5) is 0 Å². The Morgan fingerprint density at radius 1 is 1.24 bits per heavy atom. The lowest BCUT2D eigenvalue weighted by Gasteiger charge is -2.19. The molecule has 2 heterocycles. The summed E-state index contributed by atoms with van der Waals surface area (Å²) in [5.74, 6) is 1.30. The summed E-state index contributed by atoms with van der Waals surface area (Å²) < 4.78 is 2.14. The zero-order valence-corrected chi connectivity index (χ0v) is 10.9. The number of aromatic nitrogens is 3. The highest BCUT2D eigenvalue weighted by atomic mass is 15.2. The third kappa shape index (κ3) is 2.05. The third-order valence-electron chi connectivity index (χ3n) is 3.01. The van der Waals surface area contributed by atoms with E-state index in [0.29, 0.717) is 12.0 Å². The van der Waals surface area contributed by atoms with Crippen molar-refractivity contribution in [2.75, 3.05) is 0 Å². The maximum atomic E-state index is 6.23. The van der Waals surface area contributed by atoms with Gasteiger partial charge in [0.1, 0.15) is 11.3 Å². The lowest BCUT2D eigenvalue weighted by molar-refractivity contribution is 0.452. The Balaban J connectivity index is 2.66. The van der Waals surface area contributed by atoms with Crippen LogP contribution in [-0.4, -0.2) is 14.5 Å². The van der Waals surface area contributed by atoms with Crippen LogP contribution >= 0.6 is 0 Å². The van der Waals surface area contributed by atoms with E-state index in [-0.39, 0.29) is 6.04 Å². The molecule has 2 aromatic heterocycles. The van der Waals surface area contributed by atoms with E-state index in [2.05, 4.69) is 42.2 Å². The second-order valence-corrected chi connectivity index (χ2v) is 5.05. The van der Waals surface area contributed by atoms with Crippen molar-refractivity contribution in [3.63, 3.8) is 0 Å². The minimum absolute atomic E-state index is 0.0494. The number of fused-ring (bicyclic) bond motifs is 1. The van der Waals surface area contributed by atoms with Crippen molar-refractivity contribution in [2.45, 2.75) is 39.8 Å². The van der Waals surface area contributed by atoms with Gasteiger partial charge >= 0.3 is 0 Å². The zero-order valence-electron chi connectivity index (χ0n) is 10.9. The first kappa shape index (κ1) is 12.0. The second-order valence-electron chi connectivity index (χ2n) is 5.05. The fourth-order valence-corrected chi connectivity index (χ4v) is 1.99. The third-order valence-corrected chi connectivity index (χ3v) is 3.01. The molecule has 0 radical (unpaired) electrons. The molecule has 1 atom stereocenters. The van der Waals surface area contributed by atoms with Crippen molar-refractivity contribution in [3.05, 3.63) is 24.2 Å². The molecule has 0 saturated carbocycles. The van der Waals surface area contributed by atoms with Gasteiger partial charge in [-0.25, -0.2) is 9.97 Å². The number of pyridine rings is 1. The van der Waals surface area contributed by atoms with E-state index in [1.165, 1.54) is 0 Å². The number of hydrogen-bond acceptors (Lipinski definition) is 3. The summed E-state index contributed by atoms with van der Waals surface area (Å²) in [6, 6.07) is 4.16. The van der Waals surface area contributed by atoms with Gasteiger partial charge in [0.25, 0.3) is 0 Å². The van der Waals surface area contributed by atoms with Crippen LogP contribution < -0.4 is 5.73 Å². The van der Waals surface area contributed by atoms with Gasteiger partial charge in [-0.1, -0.05) is 13.8 Å². The predicted molar refractivity (Wildman–Crippen MR) is 69.7 cm³/mol. The van der Waals surface area contributed by atoms with Crippen molar-refractivity contribution in [1.29, 1.82) is 0 Å². The van der Waals surface area contributed by atoms with Crippen LogP contribution in [0.3, 0.4) is 0 Å². The summed E-state index contributed by atoms with van der Waals surface area (Å²) in [6.45, 7) is 8.49. The maximum absolute atomic E-state index is 6.23. The molecule has 4 nitrogen and oxygen atoms in total. The molecule has 0 saturated heterocycles. The molecule has 2 rings (SSSR count). The number of nitrogens with zero attached hydrogens (tertiary/aromatic N) is 3. The Hall–Kier alpha value is -1.42. The first-order valence-electron chi connectivity index (χ1n) is 6.10. The van der Waals surface area contributed by atoms with Gasteiger partial charge in [0.15, 0.2) is 5.65 Å². The average molecular weight is 232 g/mol. The molecular formula is C13H20N4. The molecule has 0 aliphatic rings. The molecule has 0 unspecified atom stereocenters. The summed E-state index contributed by atoms with van der Waals surface area (Å²) >= 11 is 0. The van der Waals surface area contributed by atoms with Crippen LogP contribution in [0, 0.1) is 5.92 Å². The predicted octanol–water partition coefficient (Wildman–Crippen LogP) is 2.67. The van der Waals surface area contributed by atoms with Gasteiger partial charge in [-0.2, -0.15) is 0 Å². The van der Waals surface area contributed by atoms with Crippen LogP contribution in [0.5, 0.6) is 0 Å². The second kappa shape index (κ2) is 4.45. The van der Waals surface area contributed by atoms with Gasteiger partial charge in [-0.05, 0) is 31.9 Å². The molecule has 17 heavy (non-hydrogen) atoms. The summed E-state index contributed by atoms with van der Waals surface area (Å²) in [5, 5.41) is 0. The first-order chi connectivity index (χ1) is 8.02.